The minimum Gasteiger partial charge on any atom is -0.339 e. The van der Waals surface area contributed by atoms with Crippen molar-refractivity contribution >= 4 is 0 Å². The summed E-state index contributed by atoms with van der Waals surface area (Å²) < 4.78 is 6.99. The Labute approximate surface area is 110 Å². The van der Waals surface area contributed by atoms with Crippen LogP contribution in [-0.4, -0.2) is 31.4 Å². The Morgan fingerprint density at radius 1 is 1.47 bits per heavy atom. The first-order valence-electron chi connectivity index (χ1n) is 6.29. The van der Waals surface area contributed by atoms with E-state index in [1.54, 1.807) is 0 Å². The first-order chi connectivity index (χ1) is 9.28. The number of aryl methyl sites for hydroxylation is 1. The molecule has 1 aliphatic rings. The molecule has 0 amide bonds. The van der Waals surface area contributed by atoms with Crippen LogP contribution < -0.4 is 0 Å². The van der Waals surface area contributed by atoms with E-state index in [0.717, 1.165) is 31.7 Å². The van der Waals surface area contributed by atoms with Crippen LogP contribution in [0.15, 0.2) is 10.6 Å². The van der Waals surface area contributed by atoms with Gasteiger partial charge in [0.15, 0.2) is 11.5 Å². The fourth-order valence-electron chi connectivity index (χ4n) is 2.21. The summed E-state index contributed by atoms with van der Waals surface area (Å²) in [6.45, 7) is 5.06. The molecule has 0 aromatic carbocycles. The van der Waals surface area contributed by atoms with E-state index in [1.165, 1.54) is 0 Å². The van der Waals surface area contributed by atoms with E-state index in [4.69, 9.17) is 9.78 Å². The molecule has 0 spiro atoms. The van der Waals surface area contributed by atoms with Gasteiger partial charge in [0.1, 0.15) is 6.07 Å². The molecule has 2 aromatic rings. The minimum atomic E-state index is 0.477. The lowest BCUT2D eigenvalue weighted by molar-refractivity contribution is 0.198. The van der Waals surface area contributed by atoms with Gasteiger partial charge in [-0.1, -0.05) is 12.1 Å². The van der Waals surface area contributed by atoms with Crippen LogP contribution in [0, 0.1) is 11.3 Å². The Kier molecular flexibility index (Phi) is 3.01. The van der Waals surface area contributed by atoms with Gasteiger partial charge in [-0.05, 0) is 6.07 Å². The van der Waals surface area contributed by atoms with Crippen molar-refractivity contribution in [2.45, 2.75) is 33.0 Å². The summed E-state index contributed by atoms with van der Waals surface area (Å²) in [6.07, 6.45) is 0.755. The molecular weight excluding hydrogens is 244 g/mol. The number of rotatable bonds is 3. The van der Waals surface area contributed by atoms with Crippen LogP contribution in [0.1, 0.15) is 30.0 Å². The van der Waals surface area contributed by atoms with Crippen LogP contribution in [0.5, 0.6) is 0 Å². The quantitative estimate of drug-likeness (QED) is 0.806. The van der Waals surface area contributed by atoms with Gasteiger partial charge in [0.2, 0.25) is 5.89 Å². The standard InChI is InChI=1S/C12H14N6O/c1-2-12-14-11(16-19-12)8-17-3-4-18-10(7-17)5-9(6-13)15-18/h5H,2-4,7-8H2,1H3. The molecule has 3 heterocycles. The third kappa shape index (κ3) is 2.35. The second kappa shape index (κ2) is 4.82. The topological polar surface area (TPSA) is 83.8 Å². The van der Waals surface area contributed by atoms with Crippen LogP contribution in [0.2, 0.25) is 0 Å². The molecule has 19 heavy (non-hydrogen) atoms. The zero-order valence-electron chi connectivity index (χ0n) is 10.7. The molecule has 0 N–H and O–H groups in total. The van der Waals surface area contributed by atoms with Gasteiger partial charge in [0.25, 0.3) is 0 Å². The van der Waals surface area contributed by atoms with Crippen molar-refractivity contribution in [3.63, 3.8) is 0 Å². The van der Waals surface area contributed by atoms with Crippen molar-refractivity contribution in [1.82, 2.24) is 24.8 Å². The molecule has 0 aliphatic carbocycles. The van der Waals surface area contributed by atoms with Gasteiger partial charge in [-0.2, -0.15) is 15.3 Å². The van der Waals surface area contributed by atoms with E-state index >= 15 is 0 Å². The van der Waals surface area contributed by atoms with E-state index in [1.807, 2.05) is 17.7 Å². The molecule has 0 bridgehead atoms. The minimum absolute atomic E-state index is 0.477. The van der Waals surface area contributed by atoms with Crippen molar-refractivity contribution in [3.05, 3.63) is 29.2 Å². The summed E-state index contributed by atoms with van der Waals surface area (Å²) in [7, 11) is 0. The molecule has 0 atom stereocenters. The Morgan fingerprint density at radius 2 is 2.37 bits per heavy atom. The van der Waals surface area contributed by atoms with Crippen LogP contribution in [-0.2, 0) is 26.1 Å². The number of nitrogens with zero attached hydrogens (tertiary/aromatic N) is 6. The third-order valence-electron chi connectivity index (χ3n) is 3.17. The second-order valence-corrected chi connectivity index (χ2v) is 4.52. The molecule has 3 rings (SSSR count). The van der Waals surface area contributed by atoms with Crippen LogP contribution in [0.4, 0.5) is 0 Å². The first kappa shape index (κ1) is 11.9. The van der Waals surface area contributed by atoms with Gasteiger partial charge in [-0.15, -0.1) is 0 Å². The summed E-state index contributed by atoms with van der Waals surface area (Å²) >= 11 is 0. The van der Waals surface area contributed by atoms with E-state index in [-0.39, 0.29) is 0 Å². The van der Waals surface area contributed by atoms with Crippen LogP contribution in [0.3, 0.4) is 0 Å². The molecular formula is C12H14N6O. The lowest BCUT2D eigenvalue weighted by atomic mass is 10.3. The normalized spacial score (nSPS) is 15.2. The number of hydrogen-bond donors (Lipinski definition) is 0. The predicted molar refractivity (Wildman–Crippen MR) is 64.7 cm³/mol. The van der Waals surface area contributed by atoms with E-state index in [9.17, 15) is 0 Å². The number of hydrogen-bond acceptors (Lipinski definition) is 6. The molecule has 98 valence electrons. The Balaban J connectivity index is 1.70. The molecule has 7 nitrogen and oxygen atoms in total. The molecule has 0 radical (unpaired) electrons. The average molecular weight is 258 g/mol. The van der Waals surface area contributed by atoms with Gasteiger partial charge in [-0.3, -0.25) is 9.58 Å². The van der Waals surface area contributed by atoms with Crippen molar-refractivity contribution in [2.75, 3.05) is 6.54 Å². The fourth-order valence-corrected chi connectivity index (χ4v) is 2.21. The van der Waals surface area contributed by atoms with Crippen LogP contribution in [0.25, 0.3) is 0 Å². The lowest BCUT2D eigenvalue weighted by Gasteiger charge is -2.26. The second-order valence-electron chi connectivity index (χ2n) is 4.52. The van der Waals surface area contributed by atoms with Crippen molar-refractivity contribution in [1.29, 1.82) is 5.26 Å². The zero-order valence-corrected chi connectivity index (χ0v) is 10.7. The van der Waals surface area contributed by atoms with Crippen molar-refractivity contribution in [3.8, 4) is 6.07 Å². The number of nitriles is 1. The van der Waals surface area contributed by atoms with Crippen molar-refractivity contribution < 1.29 is 4.52 Å². The highest BCUT2D eigenvalue weighted by Gasteiger charge is 2.20. The summed E-state index contributed by atoms with van der Waals surface area (Å²) in [5, 5.41) is 17.0. The predicted octanol–water partition coefficient (Wildman–Crippen LogP) is 0.716. The highest BCUT2D eigenvalue weighted by atomic mass is 16.5. The van der Waals surface area contributed by atoms with Gasteiger partial charge < -0.3 is 4.52 Å². The van der Waals surface area contributed by atoms with Crippen LogP contribution >= 0.6 is 0 Å². The van der Waals surface area contributed by atoms with Gasteiger partial charge >= 0.3 is 0 Å². The van der Waals surface area contributed by atoms with Gasteiger partial charge in [-0.25, -0.2) is 0 Å². The Hall–Kier alpha value is -2.20. The molecule has 0 saturated heterocycles. The zero-order chi connectivity index (χ0) is 13.2. The summed E-state index contributed by atoms with van der Waals surface area (Å²) in [5.41, 5.74) is 1.53. The maximum absolute atomic E-state index is 8.85. The first-order valence-corrected chi connectivity index (χ1v) is 6.29. The molecule has 0 unspecified atom stereocenters. The average Bonchev–Trinajstić information content (AvgIpc) is 3.04. The molecule has 7 heteroatoms. The molecule has 2 aromatic heterocycles. The smallest absolute Gasteiger partial charge is 0.226 e. The van der Waals surface area contributed by atoms with Gasteiger partial charge in [0, 0.05) is 19.5 Å². The lowest BCUT2D eigenvalue weighted by Crippen LogP contribution is -2.33. The number of fused-ring (bicyclic) bond motifs is 1. The van der Waals surface area contributed by atoms with E-state index < -0.39 is 0 Å². The SMILES string of the molecule is CCc1nc(CN2CCn3nc(C#N)cc3C2)no1. The third-order valence-corrected chi connectivity index (χ3v) is 3.17. The molecule has 1 aliphatic heterocycles. The summed E-state index contributed by atoms with van der Waals surface area (Å²) in [4.78, 5) is 6.53. The molecule has 0 fully saturated rings. The molecule has 0 saturated carbocycles. The maximum Gasteiger partial charge on any atom is 0.226 e. The maximum atomic E-state index is 8.85. The summed E-state index contributed by atoms with van der Waals surface area (Å²) in [5.74, 6) is 1.38. The largest absolute Gasteiger partial charge is 0.339 e. The van der Waals surface area contributed by atoms with E-state index in [2.05, 4.69) is 26.2 Å². The van der Waals surface area contributed by atoms with Crippen molar-refractivity contribution in [2.24, 2.45) is 0 Å². The monoisotopic (exact) mass is 258 g/mol. The highest BCUT2D eigenvalue weighted by molar-refractivity contribution is 5.23. The van der Waals surface area contributed by atoms with Gasteiger partial charge in [0.05, 0.1) is 18.8 Å². The highest BCUT2D eigenvalue weighted by Crippen LogP contribution is 2.15. The Bertz CT molecular complexity index is 622. The fraction of sp³-hybridized carbons (Fsp3) is 0.500. The Morgan fingerprint density at radius 3 is 3.11 bits per heavy atom. The number of aromatic nitrogens is 4. The summed E-state index contributed by atoms with van der Waals surface area (Å²) in [6, 6.07) is 3.90. The van der Waals surface area contributed by atoms with E-state index in [0.29, 0.717) is 24.0 Å².